The van der Waals surface area contributed by atoms with Gasteiger partial charge < -0.3 is 11.1 Å². The summed E-state index contributed by atoms with van der Waals surface area (Å²) < 4.78 is 0. The van der Waals surface area contributed by atoms with Crippen LogP contribution >= 0.6 is 0 Å². The third kappa shape index (κ3) is 3.50. The lowest BCUT2D eigenvalue weighted by Crippen LogP contribution is -2.46. The number of nitrogen functional groups attached to an aromatic ring is 1. The Morgan fingerprint density at radius 1 is 1.30 bits per heavy atom. The van der Waals surface area contributed by atoms with Gasteiger partial charge in [0.05, 0.1) is 5.69 Å². The summed E-state index contributed by atoms with van der Waals surface area (Å²) in [4.78, 5) is 16.4. The summed E-state index contributed by atoms with van der Waals surface area (Å²) in [5.74, 6) is -0.165. The van der Waals surface area contributed by atoms with Crippen LogP contribution in [0.2, 0.25) is 0 Å². The van der Waals surface area contributed by atoms with E-state index in [4.69, 9.17) is 5.73 Å². The molecule has 1 heterocycles. The molecule has 0 unspecified atom stereocenters. The molecule has 0 saturated heterocycles. The molecule has 110 valence electrons. The molecule has 2 rings (SSSR count). The van der Waals surface area contributed by atoms with E-state index in [9.17, 15) is 4.79 Å². The van der Waals surface area contributed by atoms with Crippen LogP contribution in [-0.2, 0) is 0 Å². The Morgan fingerprint density at radius 2 is 1.90 bits per heavy atom. The lowest BCUT2D eigenvalue weighted by atomic mass is 9.63. The van der Waals surface area contributed by atoms with Gasteiger partial charge in [0, 0.05) is 12.2 Å². The quantitative estimate of drug-likeness (QED) is 0.871. The molecule has 1 aliphatic carbocycles. The van der Waals surface area contributed by atoms with Crippen LogP contribution in [0.5, 0.6) is 0 Å². The van der Waals surface area contributed by atoms with Gasteiger partial charge in [0.25, 0.3) is 5.91 Å². The largest absolute Gasteiger partial charge is 0.397 e. The van der Waals surface area contributed by atoms with Gasteiger partial charge in [0.2, 0.25) is 0 Å². The van der Waals surface area contributed by atoms with E-state index < -0.39 is 0 Å². The van der Waals surface area contributed by atoms with E-state index in [1.54, 1.807) is 18.3 Å². The van der Waals surface area contributed by atoms with Crippen molar-refractivity contribution in [3.63, 3.8) is 0 Å². The van der Waals surface area contributed by atoms with Crippen molar-refractivity contribution < 1.29 is 4.79 Å². The number of nitrogens with zero attached hydrogens (tertiary/aromatic N) is 1. The fraction of sp³-hybridized carbons (Fsp3) is 0.625. The molecule has 3 N–H and O–H groups in total. The van der Waals surface area contributed by atoms with E-state index in [1.807, 2.05) is 0 Å². The maximum Gasteiger partial charge on any atom is 0.272 e. The van der Waals surface area contributed by atoms with Crippen molar-refractivity contribution in [1.29, 1.82) is 0 Å². The summed E-state index contributed by atoms with van der Waals surface area (Å²) in [6.07, 6.45) is 4.77. The predicted octanol–water partition coefficient (Wildman–Crippen LogP) is 3.00. The van der Waals surface area contributed by atoms with Gasteiger partial charge in [-0.05, 0) is 42.2 Å². The SMILES string of the molecule is CC1(C)CC(NC(=O)c2ncccc2N)CC(C)(C)C1. The lowest BCUT2D eigenvalue weighted by molar-refractivity contribution is 0.0711. The Labute approximate surface area is 121 Å². The average Bonchev–Trinajstić information content (AvgIpc) is 2.24. The number of anilines is 1. The van der Waals surface area contributed by atoms with Crippen molar-refractivity contribution in [2.75, 3.05) is 5.73 Å². The van der Waals surface area contributed by atoms with Crippen LogP contribution in [-0.4, -0.2) is 16.9 Å². The normalized spacial score (nSPS) is 21.4. The van der Waals surface area contributed by atoms with Crippen LogP contribution in [0.4, 0.5) is 5.69 Å². The Hall–Kier alpha value is -1.58. The maximum absolute atomic E-state index is 12.3. The highest BCUT2D eigenvalue weighted by Gasteiger charge is 2.39. The number of pyridine rings is 1. The average molecular weight is 275 g/mol. The molecule has 0 aliphatic heterocycles. The molecule has 4 nitrogen and oxygen atoms in total. The van der Waals surface area contributed by atoms with Crippen molar-refractivity contribution in [3.8, 4) is 0 Å². The third-order valence-electron chi connectivity index (χ3n) is 3.94. The molecule has 0 radical (unpaired) electrons. The van der Waals surface area contributed by atoms with Crippen LogP contribution in [0.1, 0.15) is 57.4 Å². The van der Waals surface area contributed by atoms with Gasteiger partial charge in [0.15, 0.2) is 5.69 Å². The Bertz CT molecular complexity index is 492. The van der Waals surface area contributed by atoms with Crippen LogP contribution in [0.15, 0.2) is 18.3 Å². The summed E-state index contributed by atoms with van der Waals surface area (Å²) in [6.45, 7) is 9.06. The molecule has 1 aliphatic rings. The number of hydrogen-bond acceptors (Lipinski definition) is 3. The van der Waals surface area contributed by atoms with Crippen molar-refractivity contribution in [2.45, 2.75) is 53.0 Å². The molecule has 1 aromatic rings. The highest BCUT2D eigenvalue weighted by molar-refractivity contribution is 5.97. The first-order valence-corrected chi connectivity index (χ1v) is 7.20. The molecule has 1 aromatic heterocycles. The van der Waals surface area contributed by atoms with E-state index in [0.29, 0.717) is 11.4 Å². The second-order valence-electron chi connectivity index (χ2n) is 7.53. The first-order chi connectivity index (χ1) is 9.19. The zero-order chi connectivity index (χ0) is 15.0. The second kappa shape index (κ2) is 5.08. The van der Waals surface area contributed by atoms with Crippen LogP contribution in [0, 0.1) is 10.8 Å². The highest BCUT2D eigenvalue weighted by Crippen LogP contribution is 2.45. The Kier molecular flexibility index (Phi) is 3.76. The number of carbonyl (C=O) groups excluding carboxylic acids is 1. The summed E-state index contributed by atoms with van der Waals surface area (Å²) in [5.41, 5.74) is 7.06. The van der Waals surface area contributed by atoms with Crippen molar-refractivity contribution in [3.05, 3.63) is 24.0 Å². The summed E-state index contributed by atoms with van der Waals surface area (Å²) in [7, 11) is 0. The molecule has 20 heavy (non-hydrogen) atoms. The maximum atomic E-state index is 12.3. The van der Waals surface area contributed by atoms with Gasteiger partial charge in [0.1, 0.15) is 0 Å². The fourth-order valence-corrected chi connectivity index (χ4v) is 3.81. The number of rotatable bonds is 2. The molecule has 1 saturated carbocycles. The van der Waals surface area contributed by atoms with E-state index >= 15 is 0 Å². The zero-order valence-corrected chi connectivity index (χ0v) is 12.9. The van der Waals surface area contributed by atoms with Gasteiger partial charge in [-0.3, -0.25) is 4.79 Å². The van der Waals surface area contributed by atoms with E-state index in [1.165, 1.54) is 6.42 Å². The fourth-order valence-electron chi connectivity index (χ4n) is 3.81. The number of amides is 1. The first kappa shape index (κ1) is 14.8. The van der Waals surface area contributed by atoms with Crippen LogP contribution in [0.25, 0.3) is 0 Å². The minimum absolute atomic E-state index is 0.165. The van der Waals surface area contributed by atoms with Crippen LogP contribution < -0.4 is 11.1 Å². The predicted molar refractivity (Wildman–Crippen MR) is 81.3 cm³/mol. The summed E-state index contributed by atoms with van der Waals surface area (Å²) in [5, 5.41) is 3.11. The monoisotopic (exact) mass is 275 g/mol. The second-order valence-corrected chi connectivity index (χ2v) is 7.53. The number of nitrogens with two attached hydrogens (primary N) is 1. The van der Waals surface area contributed by atoms with Crippen molar-refractivity contribution in [2.24, 2.45) is 10.8 Å². The summed E-state index contributed by atoms with van der Waals surface area (Å²) in [6, 6.07) is 3.62. The molecule has 0 spiro atoms. The molecule has 0 aromatic carbocycles. The van der Waals surface area contributed by atoms with E-state index in [2.05, 4.69) is 38.0 Å². The van der Waals surface area contributed by atoms with E-state index in [-0.39, 0.29) is 22.8 Å². The minimum atomic E-state index is -0.165. The van der Waals surface area contributed by atoms with Crippen molar-refractivity contribution in [1.82, 2.24) is 10.3 Å². The topological polar surface area (TPSA) is 68.0 Å². The molecular formula is C16H25N3O. The zero-order valence-electron chi connectivity index (χ0n) is 12.9. The third-order valence-corrected chi connectivity index (χ3v) is 3.94. The minimum Gasteiger partial charge on any atom is -0.397 e. The standard InChI is InChI=1S/C16H25N3O/c1-15(2)8-11(9-16(3,4)10-15)19-14(20)13-12(17)6-5-7-18-13/h5-7,11H,8-10,17H2,1-4H3,(H,19,20). The number of hydrogen-bond donors (Lipinski definition) is 2. The van der Waals surface area contributed by atoms with Gasteiger partial charge in [-0.1, -0.05) is 27.7 Å². The molecule has 4 heteroatoms. The first-order valence-electron chi connectivity index (χ1n) is 7.20. The molecule has 1 amide bonds. The number of aromatic nitrogens is 1. The molecular weight excluding hydrogens is 250 g/mol. The number of carbonyl (C=O) groups is 1. The molecule has 0 bridgehead atoms. The molecule has 1 fully saturated rings. The van der Waals surface area contributed by atoms with Crippen molar-refractivity contribution >= 4 is 11.6 Å². The smallest absolute Gasteiger partial charge is 0.272 e. The lowest BCUT2D eigenvalue weighted by Gasteiger charge is -2.45. The van der Waals surface area contributed by atoms with Crippen LogP contribution in [0.3, 0.4) is 0 Å². The highest BCUT2D eigenvalue weighted by atomic mass is 16.2. The van der Waals surface area contributed by atoms with Gasteiger partial charge in [-0.25, -0.2) is 4.98 Å². The molecule has 0 atom stereocenters. The summed E-state index contributed by atoms with van der Waals surface area (Å²) >= 11 is 0. The Balaban J connectivity index is 2.10. The Morgan fingerprint density at radius 3 is 2.45 bits per heavy atom. The van der Waals surface area contributed by atoms with Gasteiger partial charge >= 0.3 is 0 Å². The van der Waals surface area contributed by atoms with Gasteiger partial charge in [-0.15, -0.1) is 0 Å². The number of nitrogens with one attached hydrogen (secondary N) is 1. The van der Waals surface area contributed by atoms with E-state index in [0.717, 1.165) is 12.8 Å². The van der Waals surface area contributed by atoms with Gasteiger partial charge in [-0.2, -0.15) is 0 Å².